The van der Waals surface area contributed by atoms with Crippen molar-refractivity contribution in [3.63, 3.8) is 0 Å². The maximum Gasteiger partial charge on any atom is 0.405 e. The zero-order chi connectivity index (χ0) is 18.2. The van der Waals surface area contributed by atoms with Crippen molar-refractivity contribution < 1.29 is 19.5 Å². The highest BCUT2D eigenvalue weighted by molar-refractivity contribution is 5.91. The lowest BCUT2D eigenvalue weighted by Gasteiger charge is -2.21. The van der Waals surface area contributed by atoms with Gasteiger partial charge in [0.15, 0.2) is 0 Å². The molecular weight excluding hydrogens is 324 g/mol. The van der Waals surface area contributed by atoms with Crippen LogP contribution in [0, 0.1) is 11.3 Å². The Morgan fingerprint density at radius 1 is 1.32 bits per heavy atom. The van der Waals surface area contributed by atoms with Gasteiger partial charge in [-0.2, -0.15) is 5.26 Å². The van der Waals surface area contributed by atoms with Crippen LogP contribution < -0.4 is 16.0 Å². The SMILES string of the molecule is N#Cc1ccc(CC(NC(=O)O)C(=O)NC2CCCCNC2=O)cc1. The largest absolute Gasteiger partial charge is 0.465 e. The van der Waals surface area contributed by atoms with E-state index in [2.05, 4.69) is 16.0 Å². The molecule has 1 heterocycles. The van der Waals surface area contributed by atoms with E-state index in [4.69, 9.17) is 10.4 Å². The summed E-state index contributed by atoms with van der Waals surface area (Å²) in [7, 11) is 0. The third-order valence-electron chi connectivity index (χ3n) is 3.99. The Hall–Kier alpha value is -3.08. The van der Waals surface area contributed by atoms with E-state index in [0.717, 1.165) is 12.8 Å². The summed E-state index contributed by atoms with van der Waals surface area (Å²) in [6, 6.07) is 6.85. The predicted molar refractivity (Wildman–Crippen MR) is 88.6 cm³/mol. The van der Waals surface area contributed by atoms with E-state index >= 15 is 0 Å². The molecule has 0 radical (unpaired) electrons. The van der Waals surface area contributed by atoms with Crippen molar-refractivity contribution in [1.29, 1.82) is 5.26 Å². The quantitative estimate of drug-likeness (QED) is 0.618. The first-order chi connectivity index (χ1) is 12.0. The van der Waals surface area contributed by atoms with Crippen molar-refractivity contribution >= 4 is 17.9 Å². The topological polar surface area (TPSA) is 131 Å². The van der Waals surface area contributed by atoms with Gasteiger partial charge in [0.25, 0.3) is 0 Å². The summed E-state index contributed by atoms with van der Waals surface area (Å²) < 4.78 is 0. The van der Waals surface area contributed by atoms with Crippen molar-refractivity contribution in [2.24, 2.45) is 0 Å². The molecule has 8 nitrogen and oxygen atoms in total. The Bertz CT molecular complexity index is 681. The number of hydrogen-bond donors (Lipinski definition) is 4. The van der Waals surface area contributed by atoms with Crippen LogP contribution in [0.4, 0.5) is 4.79 Å². The molecule has 1 aromatic rings. The number of nitrogens with zero attached hydrogens (tertiary/aromatic N) is 1. The number of carbonyl (C=O) groups is 3. The van der Waals surface area contributed by atoms with E-state index in [1.165, 1.54) is 0 Å². The number of nitrogens with one attached hydrogen (secondary N) is 3. The van der Waals surface area contributed by atoms with E-state index in [9.17, 15) is 14.4 Å². The van der Waals surface area contributed by atoms with E-state index < -0.39 is 24.1 Å². The minimum atomic E-state index is -1.32. The highest BCUT2D eigenvalue weighted by atomic mass is 16.4. The van der Waals surface area contributed by atoms with Gasteiger partial charge in [-0.3, -0.25) is 9.59 Å². The van der Waals surface area contributed by atoms with Crippen LogP contribution in [-0.2, 0) is 16.0 Å². The van der Waals surface area contributed by atoms with Gasteiger partial charge in [0, 0.05) is 13.0 Å². The normalized spacial score (nSPS) is 18.2. The fraction of sp³-hybridized carbons (Fsp3) is 0.412. The lowest BCUT2D eigenvalue weighted by Crippen LogP contribution is -2.53. The van der Waals surface area contributed by atoms with E-state index in [1.807, 2.05) is 6.07 Å². The fourth-order valence-electron chi connectivity index (χ4n) is 2.66. The van der Waals surface area contributed by atoms with Gasteiger partial charge in [-0.1, -0.05) is 12.1 Å². The van der Waals surface area contributed by atoms with E-state index in [1.54, 1.807) is 24.3 Å². The Balaban J connectivity index is 2.06. The summed E-state index contributed by atoms with van der Waals surface area (Å²) in [6.45, 7) is 0.577. The average molecular weight is 344 g/mol. The average Bonchev–Trinajstić information content (AvgIpc) is 2.79. The van der Waals surface area contributed by atoms with Gasteiger partial charge >= 0.3 is 6.09 Å². The van der Waals surface area contributed by atoms with Gasteiger partial charge in [0.1, 0.15) is 12.1 Å². The molecule has 0 spiro atoms. The molecular formula is C17H20N4O4. The van der Waals surface area contributed by atoms with Gasteiger partial charge in [0.05, 0.1) is 11.6 Å². The number of carboxylic acid groups (broad SMARTS) is 1. The second-order valence-corrected chi connectivity index (χ2v) is 5.86. The zero-order valence-corrected chi connectivity index (χ0v) is 13.6. The van der Waals surface area contributed by atoms with Gasteiger partial charge < -0.3 is 21.1 Å². The molecule has 0 aliphatic carbocycles. The molecule has 0 aromatic heterocycles. The minimum absolute atomic E-state index is 0.123. The molecule has 2 atom stereocenters. The number of nitriles is 1. The monoisotopic (exact) mass is 344 g/mol. The van der Waals surface area contributed by atoms with Crippen LogP contribution in [0.2, 0.25) is 0 Å². The summed E-state index contributed by atoms with van der Waals surface area (Å²) in [5, 5.41) is 25.3. The van der Waals surface area contributed by atoms with Crippen molar-refractivity contribution in [3.05, 3.63) is 35.4 Å². The van der Waals surface area contributed by atoms with Crippen LogP contribution >= 0.6 is 0 Å². The van der Waals surface area contributed by atoms with E-state index in [-0.39, 0.29) is 12.3 Å². The van der Waals surface area contributed by atoms with Crippen LogP contribution in [0.25, 0.3) is 0 Å². The zero-order valence-electron chi connectivity index (χ0n) is 13.6. The standard InChI is InChI=1S/C17H20N4O4/c18-10-12-6-4-11(5-7-12)9-14(21-17(24)25)16(23)20-13-3-1-2-8-19-15(13)22/h4-7,13-14,21H,1-3,8-9H2,(H,19,22)(H,20,23)(H,24,25). The first-order valence-corrected chi connectivity index (χ1v) is 8.06. The molecule has 25 heavy (non-hydrogen) atoms. The highest BCUT2D eigenvalue weighted by Gasteiger charge is 2.27. The molecule has 2 rings (SSSR count). The number of hydrogen-bond acceptors (Lipinski definition) is 4. The number of benzene rings is 1. The second-order valence-electron chi connectivity index (χ2n) is 5.86. The van der Waals surface area contributed by atoms with Crippen molar-refractivity contribution in [1.82, 2.24) is 16.0 Å². The maximum absolute atomic E-state index is 12.5. The molecule has 2 unspecified atom stereocenters. The van der Waals surface area contributed by atoms with Gasteiger partial charge in [-0.25, -0.2) is 4.79 Å². The summed E-state index contributed by atoms with van der Waals surface area (Å²) in [4.78, 5) is 35.4. The van der Waals surface area contributed by atoms with Crippen molar-refractivity contribution in [2.45, 2.75) is 37.8 Å². The first kappa shape index (κ1) is 18.3. The van der Waals surface area contributed by atoms with Gasteiger partial charge in [-0.15, -0.1) is 0 Å². The van der Waals surface area contributed by atoms with Crippen LogP contribution in [0.15, 0.2) is 24.3 Å². The molecule has 132 valence electrons. The Kier molecular flexibility index (Phi) is 6.34. The number of amides is 3. The lowest BCUT2D eigenvalue weighted by atomic mass is 10.0. The van der Waals surface area contributed by atoms with Gasteiger partial charge in [-0.05, 0) is 37.0 Å². The maximum atomic E-state index is 12.5. The summed E-state index contributed by atoms with van der Waals surface area (Å²) in [6.07, 6.45) is 0.974. The second kappa shape index (κ2) is 8.68. The molecule has 1 aliphatic heterocycles. The van der Waals surface area contributed by atoms with Crippen LogP contribution in [0.1, 0.15) is 30.4 Å². The highest BCUT2D eigenvalue weighted by Crippen LogP contribution is 2.09. The third-order valence-corrected chi connectivity index (χ3v) is 3.99. The summed E-state index contributed by atoms with van der Waals surface area (Å²) in [5.41, 5.74) is 1.18. The first-order valence-electron chi connectivity index (χ1n) is 8.06. The summed E-state index contributed by atoms with van der Waals surface area (Å²) >= 11 is 0. The van der Waals surface area contributed by atoms with Crippen LogP contribution in [-0.4, -0.2) is 41.6 Å². The van der Waals surface area contributed by atoms with Crippen molar-refractivity contribution in [2.75, 3.05) is 6.54 Å². The summed E-state index contributed by atoms with van der Waals surface area (Å²) in [5.74, 6) is -0.799. The predicted octanol–water partition coefficient (Wildman–Crippen LogP) is 0.522. The van der Waals surface area contributed by atoms with Crippen LogP contribution in [0.3, 0.4) is 0 Å². The molecule has 1 fully saturated rings. The molecule has 4 N–H and O–H groups in total. The Labute approximate surface area is 145 Å². The third kappa shape index (κ3) is 5.49. The minimum Gasteiger partial charge on any atom is -0.465 e. The smallest absolute Gasteiger partial charge is 0.405 e. The van der Waals surface area contributed by atoms with E-state index in [0.29, 0.717) is 24.1 Å². The molecule has 1 aliphatic rings. The Morgan fingerprint density at radius 2 is 2.04 bits per heavy atom. The molecule has 0 bridgehead atoms. The lowest BCUT2D eigenvalue weighted by molar-refractivity contribution is -0.129. The fourth-order valence-corrected chi connectivity index (χ4v) is 2.66. The molecule has 0 saturated carbocycles. The number of rotatable bonds is 5. The molecule has 3 amide bonds. The number of carbonyl (C=O) groups excluding carboxylic acids is 2. The van der Waals surface area contributed by atoms with Gasteiger partial charge in [0.2, 0.25) is 11.8 Å². The molecule has 1 aromatic carbocycles. The van der Waals surface area contributed by atoms with Crippen molar-refractivity contribution in [3.8, 4) is 6.07 Å². The van der Waals surface area contributed by atoms with Crippen LogP contribution in [0.5, 0.6) is 0 Å². The molecule has 1 saturated heterocycles. The molecule has 8 heteroatoms. The Morgan fingerprint density at radius 3 is 2.68 bits per heavy atom.